The highest BCUT2D eigenvalue weighted by Gasteiger charge is 2.27. The van der Waals surface area contributed by atoms with E-state index in [-0.39, 0.29) is 17.2 Å². The monoisotopic (exact) mass is 398 g/mol. The van der Waals surface area contributed by atoms with Crippen molar-refractivity contribution in [1.82, 2.24) is 5.32 Å². The lowest BCUT2D eigenvalue weighted by Crippen LogP contribution is -2.44. The Morgan fingerprint density at radius 3 is 2.46 bits per heavy atom. The lowest BCUT2D eigenvalue weighted by atomic mass is 9.84. The highest BCUT2D eigenvalue weighted by atomic mass is 35.5. The van der Waals surface area contributed by atoms with Crippen molar-refractivity contribution >= 4 is 29.5 Å². The Balaban J connectivity index is 1.51. The molecule has 1 saturated heterocycles. The Kier molecular flexibility index (Phi) is 6.40. The Labute approximate surface area is 171 Å². The van der Waals surface area contributed by atoms with Crippen LogP contribution in [0, 0.1) is 5.92 Å². The second kappa shape index (κ2) is 8.78. The first-order chi connectivity index (χ1) is 13.4. The number of benzene rings is 2. The van der Waals surface area contributed by atoms with Crippen LogP contribution < -0.4 is 10.2 Å². The van der Waals surface area contributed by atoms with Crippen LogP contribution in [-0.4, -0.2) is 31.8 Å². The molecule has 2 aromatic carbocycles. The van der Waals surface area contributed by atoms with E-state index in [0.717, 1.165) is 43.5 Å². The number of aldehydes is 1. The molecule has 0 radical (unpaired) electrons. The van der Waals surface area contributed by atoms with E-state index in [1.165, 1.54) is 0 Å². The molecule has 1 aliphatic rings. The summed E-state index contributed by atoms with van der Waals surface area (Å²) < 4.78 is 0. The van der Waals surface area contributed by atoms with Gasteiger partial charge >= 0.3 is 0 Å². The second-order valence-corrected chi connectivity index (χ2v) is 8.52. The smallest absolute Gasteiger partial charge is 0.223 e. The fourth-order valence-corrected chi connectivity index (χ4v) is 3.82. The van der Waals surface area contributed by atoms with Crippen molar-refractivity contribution in [3.05, 3.63) is 64.7 Å². The summed E-state index contributed by atoms with van der Waals surface area (Å²) in [6.07, 6.45) is 2.52. The SMILES string of the molecule is CC(C)(CNC(=O)C1CCN(c2ccc(C=O)cc2)CC1)c1cccc(Cl)c1. The third kappa shape index (κ3) is 4.93. The van der Waals surface area contributed by atoms with Gasteiger partial charge in [0.1, 0.15) is 6.29 Å². The van der Waals surface area contributed by atoms with Crippen molar-refractivity contribution in [2.24, 2.45) is 5.92 Å². The molecule has 0 bridgehead atoms. The maximum Gasteiger partial charge on any atom is 0.223 e. The summed E-state index contributed by atoms with van der Waals surface area (Å²) in [5.41, 5.74) is 2.72. The molecule has 148 valence electrons. The summed E-state index contributed by atoms with van der Waals surface area (Å²) >= 11 is 6.11. The highest BCUT2D eigenvalue weighted by molar-refractivity contribution is 6.30. The predicted octanol–water partition coefficient (Wildman–Crippen LogP) is 4.46. The maximum absolute atomic E-state index is 12.7. The van der Waals surface area contributed by atoms with Gasteiger partial charge in [0.2, 0.25) is 5.91 Å². The fraction of sp³-hybridized carbons (Fsp3) is 0.391. The third-order valence-corrected chi connectivity index (χ3v) is 5.81. The van der Waals surface area contributed by atoms with Crippen molar-refractivity contribution in [3.63, 3.8) is 0 Å². The van der Waals surface area contributed by atoms with Crippen LogP contribution in [0.5, 0.6) is 0 Å². The Hall–Kier alpha value is -2.33. The minimum atomic E-state index is -0.179. The lowest BCUT2D eigenvalue weighted by Gasteiger charge is -2.34. The van der Waals surface area contributed by atoms with Gasteiger partial charge in [-0.3, -0.25) is 9.59 Å². The van der Waals surface area contributed by atoms with E-state index in [4.69, 9.17) is 11.6 Å². The molecule has 0 aliphatic carbocycles. The van der Waals surface area contributed by atoms with Crippen LogP contribution in [0.4, 0.5) is 5.69 Å². The van der Waals surface area contributed by atoms with E-state index in [9.17, 15) is 9.59 Å². The molecule has 1 heterocycles. The minimum absolute atomic E-state index is 0.0423. The number of nitrogens with one attached hydrogen (secondary N) is 1. The van der Waals surface area contributed by atoms with Gasteiger partial charge in [0.05, 0.1) is 0 Å². The molecule has 3 rings (SSSR count). The van der Waals surface area contributed by atoms with Gasteiger partial charge in [-0.05, 0) is 54.8 Å². The van der Waals surface area contributed by atoms with Gasteiger partial charge in [-0.1, -0.05) is 37.6 Å². The van der Waals surface area contributed by atoms with Crippen molar-refractivity contribution in [2.75, 3.05) is 24.5 Å². The van der Waals surface area contributed by atoms with Gasteiger partial charge < -0.3 is 10.2 Å². The van der Waals surface area contributed by atoms with Crippen LogP contribution in [0.3, 0.4) is 0 Å². The van der Waals surface area contributed by atoms with E-state index >= 15 is 0 Å². The average molecular weight is 399 g/mol. The molecule has 0 spiro atoms. The molecule has 1 aliphatic heterocycles. The summed E-state index contributed by atoms with van der Waals surface area (Å²) in [4.78, 5) is 25.7. The summed E-state index contributed by atoms with van der Waals surface area (Å²) in [5.74, 6) is 0.173. The van der Waals surface area contributed by atoms with Gasteiger partial charge in [-0.2, -0.15) is 0 Å². The molecule has 0 aromatic heterocycles. The zero-order valence-corrected chi connectivity index (χ0v) is 17.2. The van der Waals surface area contributed by atoms with Crippen molar-refractivity contribution in [2.45, 2.75) is 32.1 Å². The molecular formula is C23H27ClN2O2. The van der Waals surface area contributed by atoms with Gasteiger partial charge in [0, 0.05) is 47.2 Å². The van der Waals surface area contributed by atoms with Crippen LogP contribution in [-0.2, 0) is 10.2 Å². The zero-order valence-electron chi connectivity index (χ0n) is 16.5. The molecular weight excluding hydrogens is 372 g/mol. The Bertz CT molecular complexity index is 825. The van der Waals surface area contributed by atoms with Crippen molar-refractivity contribution in [1.29, 1.82) is 0 Å². The van der Waals surface area contributed by atoms with E-state index < -0.39 is 0 Å². The summed E-state index contributed by atoms with van der Waals surface area (Å²) in [6.45, 7) is 6.50. The van der Waals surface area contributed by atoms with Crippen LogP contribution in [0.1, 0.15) is 42.6 Å². The average Bonchev–Trinajstić information content (AvgIpc) is 2.72. The molecule has 5 heteroatoms. The number of piperidine rings is 1. The van der Waals surface area contributed by atoms with Crippen molar-refractivity contribution in [3.8, 4) is 0 Å². The highest BCUT2D eigenvalue weighted by Crippen LogP contribution is 2.26. The third-order valence-electron chi connectivity index (χ3n) is 5.57. The van der Waals surface area contributed by atoms with Crippen molar-refractivity contribution < 1.29 is 9.59 Å². The molecule has 28 heavy (non-hydrogen) atoms. The van der Waals surface area contributed by atoms with Gasteiger partial charge in [0.25, 0.3) is 0 Å². The number of anilines is 1. The number of carbonyl (C=O) groups excluding carboxylic acids is 2. The molecule has 1 amide bonds. The summed E-state index contributed by atoms with van der Waals surface area (Å²) in [6, 6.07) is 15.4. The van der Waals surface area contributed by atoms with Gasteiger partial charge in [0.15, 0.2) is 0 Å². The number of hydrogen-bond acceptors (Lipinski definition) is 3. The molecule has 0 unspecified atom stereocenters. The van der Waals surface area contributed by atoms with E-state index in [2.05, 4.69) is 24.1 Å². The lowest BCUT2D eigenvalue weighted by molar-refractivity contribution is -0.125. The summed E-state index contributed by atoms with van der Waals surface area (Å²) in [5, 5.41) is 3.85. The summed E-state index contributed by atoms with van der Waals surface area (Å²) in [7, 11) is 0. The van der Waals surface area contributed by atoms with Crippen LogP contribution in [0.25, 0.3) is 0 Å². The number of carbonyl (C=O) groups is 2. The number of nitrogens with zero attached hydrogens (tertiary/aromatic N) is 1. The minimum Gasteiger partial charge on any atom is -0.371 e. The number of amides is 1. The number of halogens is 1. The maximum atomic E-state index is 12.7. The van der Waals surface area contributed by atoms with Crippen LogP contribution in [0.2, 0.25) is 5.02 Å². The largest absolute Gasteiger partial charge is 0.371 e. The van der Waals surface area contributed by atoms with Gasteiger partial charge in [-0.15, -0.1) is 0 Å². The normalized spacial score (nSPS) is 15.3. The van der Waals surface area contributed by atoms with Gasteiger partial charge in [-0.25, -0.2) is 0 Å². The molecule has 4 nitrogen and oxygen atoms in total. The predicted molar refractivity (Wildman–Crippen MR) is 114 cm³/mol. The molecule has 1 fully saturated rings. The molecule has 0 atom stereocenters. The first-order valence-corrected chi connectivity index (χ1v) is 10.1. The Morgan fingerprint density at radius 2 is 1.86 bits per heavy atom. The number of rotatable bonds is 6. The standard InChI is InChI=1S/C23H27ClN2O2/c1-23(2,19-4-3-5-20(24)14-19)16-25-22(28)18-10-12-26(13-11-18)21-8-6-17(15-27)7-9-21/h3-9,14-15,18H,10-13,16H2,1-2H3,(H,25,28). The topological polar surface area (TPSA) is 49.4 Å². The quantitative estimate of drug-likeness (QED) is 0.730. The first-order valence-electron chi connectivity index (χ1n) is 9.73. The Morgan fingerprint density at radius 1 is 1.18 bits per heavy atom. The number of hydrogen-bond donors (Lipinski definition) is 1. The van der Waals surface area contributed by atoms with Crippen LogP contribution in [0.15, 0.2) is 48.5 Å². The van der Waals surface area contributed by atoms with E-state index in [1.54, 1.807) is 0 Å². The molecule has 0 saturated carbocycles. The zero-order chi connectivity index (χ0) is 20.1. The van der Waals surface area contributed by atoms with E-state index in [1.807, 2.05) is 48.5 Å². The molecule has 2 aromatic rings. The fourth-order valence-electron chi connectivity index (χ4n) is 3.63. The first kappa shape index (κ1) is 20.4. The van der Waals surface area contributed by atoms with E-state index in [0.29, 0.717) is 17.1 Å². The molecule has 1 N–H and O–H groups in total. The van der Waals surface area contributed by atoms with Crippen LogP contribution >= 0.6 is 11.6 Å². The second-order valence-electron chi connectivity index (χ2n) is 8.08.